The van der Waals surface area contributed by atoms with Crippen molar-refractivity contribution in [2.24, 2.45) is 5.92 Å². The van der Waals surface area contributed by atoms with E-state index >= 15 is 0 Å². The number of benzene rings is 2. The summed E-state index contributed by atoms with van der Waals surface area (Å²) in [6.45, 7) is 1.46. The van der Waals surface area contributed by atoms with Gasteiger partial charge in [-0.3, -0.25) is 9.78 Å². The number of carbonyl (C=O) groups excluding carboxylic acids is 1. The van der Waals surface area contributed by atoms with Gasteiger partial charge in [-0.1, -0.05) is 30.3 Å². The molecule has 0 unspecified atom stereocenters. The number of hydrogen-bond donors (Lipinski definition) is 1. The maximum atomic E-state index is 13.0. The van der Waals surface area contributed by atoms with E-state index in [1.807, 2.05) is 66.9 Å². The minimum atomic E-state index is -0.0764. The molecule has 0 radical (unpaired) electrons. The molecule has 0 spiro atoms. The Morgan fingerprint density at radius 1 is 1.07 bits per heavy atom. The van der Waals surface area contributed by atoms with Gasteiger partial charge in [0, 0.05) is 31.2 Å². The van der Waals surface area contributed by atoms with E-state index in [0.717, 1.165) is 48.5 Å². The van der Waals surface area contributed by atoms with E-state index in [1.165, 1.54) is 0 Å². The molecule has 3 aromatic rings. The van der Waals surface area contributed by atoms with Crippen LogP contribution in [0.2, 0.25) is 0 Å². The van der Waals surface area contributed by atoms with Gasteiger partial charge in [-0.05, 0) is 65.8 Å². The number of aromatic nitrogens is 1. The van der Waals surface area contributed by atoms with Gasteiger partial charge in [0.05, 0.1) is 13.2 Å². The van der Waals surface area contributed by atoms with Crippen molar-refractivity contribution in [1.29, 1.82) is 0 Å². The summed E-state index contributed by atoms with van der Waals surface area (Å²) in [5.41, 5.74) is 3.77. The van der Waals surface area contributed by atoms with Gasteiger partial charge in [0.1, 0.15) is 5.75 Å². The largest absolute Gasteiger partial charge is 0.497 e. The van der Waals surface area contributed by atoms with Gasteiger partial charge >= 0.3 is 0 Å². The van der Waals surface area contributed by atoms with Crippen molar-refractivity contribution in [2.45, 2.75) is 18.9 Å². The van der Waals surface area contributed by atoms with Crippen LogP contribution >= 0.6 is 0 Å². The van der Waals surface area contributed by atoms with Crippen LogP contribution in [0.1, 0.15) is 34.8 Å². The van der Waals surface area contributed by atoms with Crippen molar-refractivity contribution in [3.05, 3.63) is 84.2 Å². The molecule has 1 N–H and O–H groups in total. The number of methoxy groups -OCH3 is 1. The molecule has 0 saturated carbocycles. The minimum Gasteiger partial charge on any atom is -0.497 e. The van der Waals surface area contributed by atoms with Crippen molar-refractivity contribution in [1.82, 2.24) is 10.3 Å². The van der Waals surface area contributed by atoms with Crippen LogP contribution in [0.25, 0.3) is 11.1 Å². The van der Waals surface area contributed by atoms with Crippen molar-refractivity contribution in [3.8, 4) is 16.9 Å². The molecule has 154 valence electrons. The van der Waals surface area contributed by atoms with E-state index in [9.17, 15) is 4.79 Å². The predicted molar refractivity (Wildman–Crippen MR) is 116 cm³/mol. The Morgan fingerprint density at radius 3 is 2.57 bits per heavy atom. The van der Waals surface area contributed by atoms with Crippen LogP contribution in [0.4, 0.5) is 0 Å². The summed E-state index contributed by atoms with van der Waals surface area (Å²) < 4.78 is 10.8. The first kappa shape index (κ1) is 20.1. The summed E-state index contributed by atoms with van der Waals surface area (Å²) in [5.74, 6) is 1.07. The van der Waals surface area contributed by atoms with E-state index in [-0.39, 0.29) is 11.9 Å². The molecule has 1 amide bonds. The SMILES string of the molecule is COc1cccc(-c2ccc(C(=O)N[C@@H](c3cccnc3)C3CCOCC3)cc2)c1. The first-order valence-corrected chi connectivity index (χ1v) is 10.3. The normalized spacial score (nSPS) is 15.4. The van der Waals surface area contributed by atoms with Crippen LogP contribution in [0, 0.1) is 5.92 Å². The second kappa shape index (κ2) is 9.55. The zero-order valence-electron chi connectivity index (χ0n) is 17.1. The molecule has 2 heterocycles. The summed E-state index contributed by atoms with van der Waals surface area (Å²) in [6.07, 6.45) is 5.44. The molecule has 1 aliphatic rings. The minimum absolute atomic E-state index is 0.0758. The number of ether oxygens (including phenoxy) is 2. The number of amides is 1. The molecule has 5 heteroatoms. The predicted octanol–water partition coefficient (Wildman–Crippen LogP) is 4.65. The number of hydrogen-bond acceptors (Lipinski definition) is 4. The Bertz CT molecular complexity index is 967. The summed E-state index contributed by atoms with van der Waals surface area (Å²) in [7, 11) is 1.66. The molecule has 4 rings (SSSR count). The number of nitrogens with one attached hydrogen (secondary N) is 1. The average Bonchev–Trinajstić information content (AvgIpc) is 2.83. The van der Waals surface area contributed by atoms with Crippen molar-refractivity contribution in [3.63, 3.8) is 0 Å². The molecule has 2 aromatic carbocycles. The zero-order valence-corrected chi connectivity index (χ0v) is 17.1. The molecule has 5 nitrogen and oxygen atoms in total. The Hall–Kier alpha value is -3.18. The fourth-order valence-electron chi connectivity index (χ4n) is 3.92. The highest BCUT2D eigenvalue weighted by Gasteiger charge is 2.27. The molecule has 1 atom stereocenters. The summed E-state index contributed by atoms with van der Waals surface area (Å²) >= 11 is 0. The third-order valence-corrected chi connectivity index (χ3v) is 5.62. The molecular formula is C25H26N2O3. The van der Waals surface area contributed by atoms with Gasteiger partial charge in [0.15, 0.2) is 0 Å². The fraction of sp³-hybridized carbons (Fsp3) is 0.280. The number of nitrogens with zero attached hydrogens (tertiary/aromatic N) is 1. The second-order valence-corrected chi connectivity index (χ2v) is 7.50. The quantitative estimate of drug-likeness (QED) is 0.652. The highest BCUT2D eigenvalue weighted by Crippen LogP contribution is 2.30. The summed E-state index contributed by atoms with van der Waals surface area (Å²) in [6, 6.07) is 19.4. The molecule has 1 saturated heterocycles. The van der Waals surface area contributed by atoms with Gasteiger partial charge in [0.2, 0.25) is 0 Å². The van der Waals surface area contributed by atoms with E-state index in [0.29, 0.717) is 11.5 Å². The molecular weight excluding hydrogens is 376 g/mol. The lowest BCUT2D eigenvalue weighted by molar-refractivity contribution is 0.0513. The van der Waals surface area contributed by atoms with E-state index in [4.69, 9.17) is 9.47 Å². The van der Waals surface area contributed by atoms with Crippen LogP contribution in [-0.4, -0.2) is 31.2 Å². The number of rotatable bonds is 6. The Labute approximate surface area is 177 Å². The lowest BCUT2D eigenvalue weighted by Crippen LogP contribution is -2.36. The first-order valence-electron chi connectivity index (χ1n) is 10.3. The highest BCUT2D eigenvalue weighted by atomic mass is 16.5. The summed E-state index contributed by atoms with van der Waals surface area (Å²) in [5, 5.41) is 3.24. The Kier molecular flexibility index (Phi) is 6.40. The lowest BCUT2D eigenvalue weighted by atomic mass is 9.87. The standard InChI is InChI=1S/C25H26N2O3/c1-29-23-6-2-4-21(16-23)18-7-9-20(10-8-18)25(28)27-24(19-11-14-30-15-12-19)22-5-3-13-26-17-22/h2-10,13,16-17,19,24H,11-12,14-15H2,1H3,(H,27,28)/t24-/m1/s1. The fourth-order valence-corrected chi connectivity index (χ4v) is 3.92. The van der Waals surface area contributed by atoms with Crippen molar-refractivity contribution in [2.75, 3.05) is 20.3 Å². The van der Waals surface area contributed by atoms with Gasteiger partial charge in [0.25, 0.3) is 5.91 Å². The Morgan fingerprint density at radius 2 is 1.87 bits per heavy atom. The van der Waals surface area contributed by atoms with Crippen LogP contribution in [-0.2, 0) is 4.74 Å². The Balaban J connectivity index is 1.52. The topological polar surface area (TPSA) is 60.5 Å². The smallest absolute Gasteiger partial charge is 0.251 e. The molecule has 1 aliphatic heterocycles. The average molecular weight is 402 g/mol. The van der Waals surface area contributed by atoms with Crippen molar-refractivity contribution >= 4 is 5.91 Å². The first-order chi connectivity index (χ1) is 14.7. The third-order valence-electron chi connectivity index (χ3n) is 5.62. The van der Waals surface area contributed by atoms with Gasteiger partial charge in [-0.25, -0.2) is 0 Å². The monoisotopic (exact) mass is 402 g/mol. The maximum absolute atomic E-state index is 13.0. The third kappa shape index (κ3) is 4.69. The van der Waals surface area contributed by atoms with Crippen LogP contribution < -0.4 is 10.1 Å². The van der Waals surface area contributed by atoms with Gasteiger partial charge in [-0.15, -0.1) is 0 Å². The second-order valence-electron chi connectivity index (χ2n) is 7.50. The molecule has 0 aliphatic carbocycles. The van der Waals surface area contributed by atoms with E-state index in [2.05, 4.69) is 10.3 Å². The number of carbonyl (C=O) groups is 1. The van der Waals surface area contributed by atoms with Crippen LogP contribution in [0.5, 0.6) is 5.75 Å². The summed E-state index contributed by atoms with van der Waals surface area (Å²) in [4.78, 5) is 17.3. The molecule has 0 bridgehead atoms. The van der Waals surface area contributed by atoms with Gasteiger partial charge < -0.3 is 14.8 Å². The molecule has 1 aromatic heterocycles. The van der Waals surface area contributed by atoms with E-state index < -0.39 is 0 Å². The maximum Gasteiger partial charge on any atom is 0.251 e. The van der Waals surface area contributed by atoms with Gasteiger partial charge in [-0.2, -0.15) is 0 Å². The zero-order chi connectivity index (χ0) is 20.8. The van der Waals surface area contributed by atoms with Crippen LogP contribution in [0.15, 0.2) is 73.1 Å². The molecule has 1 fully saturated rings. The lowest BCUT2D eigenvalue weighted by Gasteiger charge is -2.31. The van der Waals surface area contributed by atoms with Crippen molar-refractivity contribution < 1.29 is 14.3 Å². The number of pyridine rings is 1. The van der Waals surface area contributed by atoms with E-state index in [1.54, 1.807) is 13.3 Å². The van der Waals surface area contributed by atoms with Crippen LogP contribution in [0.3, 0.4) is 0 Å². The highest BCUT2D eigenvalue weighted by molar-refractivity contribution is 5.95. The molecule has 30 heavy (non-hydrogen) atoms.